The maximum absolute atomic E-state index is 12.1. The fourth-order valence-corrected chi connectivity index (χ4v) is 4.16. The summed E-state index contributed by atoms with van der Waals surface area (Å²) in [6.45, 7) is 0.262. The number of benzene rings is 2. The van der Waals surface area contributed by atoms with Crippen LogP contribution in [-0.2, 0) is 20.6 Å². The molecule has 0 aliphatic rings. The van der Waals surface area contributed by atoms with Gasteiger partial charge in [-0.05, 0) is 29.8 Å². The molecule has 0 spiro atoms. The van der Waals surface area contributed by atoms with Crippen molar-refractivity contribution in [2.75, 3.05) is 29.4 Å². The number of carbonyl (C=O) groups is 1. The highest BCUT2D eigenvalue weighted by molar-refractivity contribution is 9.10. The molecule has 0 fully saturated rings. The predicted molar refractivity (Wildman–Crippen MR) is 112 cm³/mol. The summed E-state index contributed by atoms with van der Waals surface area (Å²) in [4.78, 5) is 12.1. The Labute approximate surface area is 167 Å². The first-order valence-corrected chi connectivity index (χ1v) is 11.8. The monoisotopic (exact) mass is 456 g/mol. The lowest BCUT2D eigenvalue weighted by atomic mass is 10.2. The van der Waals surface area contributed by atoms with Crippen molar-refractivity contribution in [3.8, 4) is 0 Å². The zero-order valence-corrected chi connectivity index (χ0v) is 17.6. The SMILES string of the molecule is CS(=O)(=O)N(CC(=O)NCCSCc1ccccc1)c1ccc(Br)cc1. The van der Waals surface area contributed by atoms with Gasteiger partial charge in [0, 0.05) is 22.5 Å². The highest BCUT2D eigenvalue weighted by Crippen LogP contribution is 2.20. The Morgan fingerprint density at radius 2 is 1.77 bits per heavy atom. The molecule has 0 atom stereocenters. The maximum atomic E-state index is 12.1. The number of carbonyl (C=O) groups excluding carboxylic acids is 1. The molecule has 140 valence electrons. The van der Waals surface area contributed by atoms with Crippen LogP contribution in [0.3, 0.4) is 0 Å². The lowest BCUT2D eigenvalue weighted by Crippen LogP contribution is -2.41. The van der Waals surface area contributed by atoms with Crippen LogP contribution in [-0.4, -0.2) is 39.4 Å². The van der Waals surface area contributed by atoms with Crippen LogP contribution in [0.1, 0.15) is 5.56 Å². The van der Waals surface area contributed by atoms with Crippen LogP contribution in [0.15, 0.2) is 59.1 Å². The average molecular weight is 457 g/mol. The van der Waals surface area contributed by atoms with Crippen molar-refractivity contribution in [3.05, 3.63) is 64.6 Å². The van der Waals surface area contributed by atoms with Crippen LogP contribution < -0.4 is 9.62 Å². The van der Waals surface area contributed by atoms with Crippen molar-refractivity contribution in [3.63, 3.8) is 0 Å². The summed E-state index contributed by atoms with van der Waals surface area (Å²) >= 11 is 5.03. The number of nitrogens with zero attached hydrogens (tertiary/aromatic N) is 1. The van der Waals surface area contributed by atoms with Gasteiger partial charge in [0.15, 0.2) is 0 Å². The molecule has 1 amide bonds. The molecule has 0 radical (unpaired) electrons. The van der Waals surface area contributed by atoms with E-state index in [2.05, 4.69) is 33.4 Å². The predicted octanol–water partition coefficient (Wildman–Crippen LogP) is 3.26. The molecular formula is C18H21BrN2O3S2. The molecule has 5 nitrogen and oxygen atoms in total. The number of rotatable bonds is 9. The number of hydrogen-bond acceptors (Lipinski definition) is 4. The Morgan fingerprint density at radius 3 is 2.38 bits per heavy atom. The summed E-state index contributed by atoms with van der Waals surface area (Å²) in [5.74, 6) is 1.32. The van der Waals surface area contributed by atoms with Crippen molar-refractivity contribution in [2.45, 2.75) is 5.75 Å². The van der Waals surface area contributed by atoms with Crippen molar-refractivity contribution in [1.82, 2.24) is 5.32 Å². The molecule has 0 heterocycles. The first kappa shape index (κ1) is 20.8. The summed E-state index contributed by atoms with van der Waals surface area (Å²) in [6, 6.07) is 16.9. The molecule has 0 saturated heterocycles. The van der Waals surface area contributed by atoms with Gasteiger partial charge in [0.25, 0.3) is 0 Å². The van der Waals surface area contributed by atoms with E-state index < -0.39 is 10.0 Å². The van der Waals surface area contributed by atoms with E-state index in [0.717, 1.165) is 26.5 Å². The fourth-order valence-electron chi connectivity index (χ4n) is 2.22. The van der Waals surface area contributed by atoms with E-state index in [4.69, 9.17) is 0 Å². The summed E-state index contributed by atoms with van der Waals surface area (Å²) in [7, 11) is -3.55. The van der Waals surface area contributed by atoms with E-state index in [1.54, 1.807) is 36.0 Å². The summed E-state index contributed by atoms with van der Waals surface area (Å²) in [5.41, 5.74) is 1.70. The first-order valence-electron chi connectivity index (χ1n) is 7.98. The molecule has 0 aliphatic carbocycles. The molecule has 26 heavy (non-hydrogen) atoms. The second-order valence-corrected chi connectivity index (χ2v) is 9.56. The van der Waals surface area contributed by atoms with E-state index >= 15 is 0 Å². The van der Waals surface area contributed by atoms with Crippen molar-refractivity contribution in [1.29, 1.82) is 0 Å². The molecule has 0 aromatic heterocycles. The Balaban J connectivity index is 1.81. The van der Waals surface area contributed by atoms with Crippen molar-refractivity contribution in [2.24, 2.45) is 0 Å². The third kappa shape index (κ3) is 7.01. The highest BCUT2D eigenvalue weighted by Gasteiger charge is 2.20. The summed E-state index contributed by atoms with van der Waals surface area (Å²) in [6.07, 6.45) is 1.10. The van der Waals surface area contributed by atoms with Crippen LogP contribution in [0.5, 0.6) is 0 Å². The third-order valence-corrected chi connectivity index (χ3v) is 6.18. The summed E-state index contributed by atoms with van der Waals surface area (Å²) in [5, 5.41) is 2.78. The second kappa shape index (κ2) is 9.99. The number of nitrogens with one attached hydrogen (secondary N) is 1. The number of thioether (sulfide) groups is 1. The van der Waals surface area contributed by atoms with Gasteiger partial charge in [-0.15, -0.1) is 0 Å². The van der Waals surface area contributed by atoms with E-state index in [1.807, 2.05) is 18.2 Å². The molecule has 2 rings (SSSR count). The standard InChI is InChI=1S/C18H21BrN2O3S2/c1-26(23,24)21(17-9-7-16(19)8-10-17)13-18(22)20-11-12-25-14-15-5-3-2-4-6-15/h2-10H,11-14H2,1H3,(H,20,22). The summed E-state index contributed by atoms with van der Waals surface area (Å²) < 4.78 is 26.0. The lowest BCUT2D eigenvalue weighted by molar-refractivity contribution is -0.119. The van der Waals surface area contributed by atoms with Crippen molar-refractivity contribution >= 4 is 49.3 Å². The van der Waals surface area contributed by atoms with E-state index in [0.29, 0.717) is 12.2 Å². The van der Waals surface area contributed by atoms with Crippen LogP contribution >= 0.6 is 27.7 Å². The maximum Gasteiger partial charge on any atom is 0.240 e. The lowest BCUT2D eigenvalue weighted by Gasteiger charge is -2.22. The van der Waals surface area contributed by atoms with Gasteiger partial charge in [-0.25, -0.2) is 8.42 Å². The fraction of sp³-hybridized carbons (Fsp3) is 0.278. The van der Waals surface area contributed by atoms with Gasteiger partial charge in [0.2, 0.25) is 15.9 Å². The van der Waals surface area contributed by atoms with Gasteiger partial charge in [0.05, 0.1) is 11.9 Å². The number of amides is 1. The number of sulfonamides is 1. The van der Waals surface area contributed by atoms with Gasteiger partial charge in [-0.3, -0.25) is 9.10 Å². The zero-order valence-electron chi connectivity index (χ0n) is 14.4. The molecule has 0 bridgehead atoms. The Hall–Kier alpha value is -1.51. The smallest absolute Gasteiger partial charge is 0.240 e. The Morgan fingerprint density at radius 1 is 1.12 bits per heavy atom. The topological polar surface area (TPSA) is 66.5 Å². The van der Waals surface area contributed by atoms with E-state index in [-0.39, 0.29) is 12.5 Å². The minimum Gasteiger partial charge on any atom is -0.354 e. The first-order chi connectivity index (χ1) is 12.4. The Bertz CT molecular complexity index is 812. The van der Waals surface area contributed by atoms with Crippen LogP contribution in [0, 0.1) is 0 Å². The van der Waals surface area contributed by atoms with Crippen LogP contribution in [0.4, 0.5) is 5.69 Å². The minimum atomic E-state index is -3.55. The molecule has 1 N–H and O–H groups in total. The van der Waals surface area contributed by atoms with Gasteiger partial charge in [0.1, 0.15) is 6.54 Å². The molecule has 0 saturated carbocycles. The van der Waals surface area contributed by atoms with Crippen molar-refractivity contribution < 1.29 is 13.2 Å². The van der Waals surface area contributed by atoms with Gasteiger partial charge in [-0.1, -0.05) is 46.3 Å². The Kier molecular flexibility index (Phi) is 7.99. The van der Waals surface area contributed by atoms with Crippen LogP contribution in [0.2, 0.25) is 0 Å². The van der Waals surface area contributed by atoms with E-state index in [9.17, 15) is 13.2 Å². The molecule has 0 aliphatic heterocycles. The zero-order chi connectivity index (χ0) is 19.0. The number of halogens is 1. The second-order valence-electron chi connectivity index (χ2n) is 5.63. The quantitative estimate of drug-likeness (QED) is 0.587. The molecule has 0 unspecified atom stereocenters. The molecular weight excluding hydrogens is 436 g/mol. The number of anilines is 1. The van der Waals surface area contributed by atoms with Gasteiger partial charge >= 0.3 is 0 Å². The highest BCUT2D eigenvalue weighted by atomic mass is 79.9. The van der Waals surface area contributed by atoms with Gasteiger partial charge < -0.3 is 5.32 Å². The molecule has 2 aromatic carbocycles. The van der Waals surface area contributed by atoms with E-state index in [1.165, 1.54) is 5.56 Å². The largest absolute Gasteiger partial charge is 0.354 e. The average Bonchev–Trinajstić information content (AvgIpc) is 2.60. The van der Waals surface area contributed by atoms with Crippen LogP contribution in [0.25, 0.3) is 0 Å². The normalized spacial score (nSPS) is 11.2. The van der Waals surface area contributed by atoms with Gasteiger partial charge in [-0.2, -0.15) is 11.8 Å². The molecule has 8 heteroatoms. The molecule has 2 aromatic rings. The number of hydrogen-bond donors (Lipinski definition) is 1. The third-order valence-electron chi connectivity index (χ3n) is 3.48. The minimum absolute atomic E-state index is 0.232.